The van der Waals surface area contributed by atoms with Crippen molar-refractivity contribution in [2.24, 2.45) is 4.99 Å². The molecule has 0 aliphatic carbocycles. The van der Waals surface area contributed by atoms with Crippen LogP contribution in [0.3, 0.4) is 0 Å². The van der Waals surface area contributed by atoms with Gasteiger partial charge in [-0.15, -0.1) is 0 Å². The summed E-state index contributed by atoms with van der Waals surface area (Å²) in [6.45, 7) is 1.93. The molecule has 0 spiro atoms. The molecule has 1 aromatic heterocycles. The van der Waals surface area contributed by atoms with E-state index in [4.69, 9.17) is 0 Å². The van der Waals surface area contributed by atoms with E-state index in [1.165, 1.54) is 16.5 Å². The van der Waals surface area contributed by atoms with E-state index in [2.05, 4.69) is 40.1 Å². The first-order valence-corrected chi connectivity index (χ1v) is 5.18. The molecule has 0 atom stereocenters. The van der Waals surface area contributed by atoms with Crippen molar-refractivity contribution in [1.29, 1.82) is 0 Å². The highest BCUT2D eigenvalue weighted by atomic mass is 15.2. The number of nitrogens with zero attached hydrogens (tertiary/aromatic N) is 2. The third-order valence-corrected chi connectivity index (χ3v) is 2.89. The number of H-pyrrole nitrogens is 1. The van der Waals surface area contributed by atoms with E-state index in [9.17, 15) is 0 Å². The van der Waals surface area contributed by atoms with Crippen molar-refractivity contribution in [3.8, 4) is 0 Å². The van der Waals surface area contributed by atoms with Crippen LogP contribution in [-0.4, -0.2) is 35.9 Å². The smallest absolute Gasteiger partial charge is 0.132 e. The third-order valence-electron chi connectivity index (χ3n) is 2.89. The van der Waals surface area contributed by atoms with Gasteiger partial charge in [-0.3, -0.25) is 4.99 Å². The number of amidine groups is 1. The van der Waals surface area contributed by atoms with Crippen LogP contribution in [0.1, 0.15) is 5.56 Å². The number of rotatable bonds is 1. The second-order valence-electron chi connectivity index (χ2n) is 3.87. The maximum Gasteiger partial charge on any atom is 0.132 e. The van der Waals surface area contributed by atoms with Crippen LogP contribution in [0.2, 0.25) is 0 Å². The molecule has 1 aromatic carbocycles. The fourth-order valence-corrected chi connectivity index (χ4v) is 2.08. The van der Waals surface area contributed by atoms with Gasteiger partial charge in [-0.1, -0.05) is 18.2 Å². The minimum atomic E-state index is 0.908. The van der Waals surface area contributed by atoms with Gasteiger partial charge in [0.1, 0.15) is 5.84 Å². The largest absolute Gasteiger partial charge is 0.360 e. The molecule has 0 bridgehead atoms. The molecule has 0 fully saturated rings. The fraction of sp³-hybridized carbons (Fsp3) is 0.250. The van der Waals surface area contributed by atoms with Gasteiger partial charge in [0.2, 0.25) is 0 Å². The Balaban J connectivity index is 2.19. The predicted molar refractivity (Wildman–Crippen MR) is 62.3 cm³/mol. The molecule has 76 valence electrons. The van der Waals surface area contributed by atoms with Crippen molar-refractivity contribution in [2.75, 3.05) is 20.1 Å². The summed E-state index contributed by atoms with van der Waals surface area (Å²) in [6, 6.07) is 8.34. The lowest BCUT2D eigenvalue weighted by atomic mass is 10.1. The molecule has 15 heavy (non-hydrogen) atoms. The second kappa shape index (κ2) is 3.12. The predicted octanol–water partition coefficient (Wildman–Crippen LogP) is 1.86. The molecule has 3 nitrogen and oxygen atoms in total. The van der Waals surface area contributed by atoms with E-state index in [0.29, 0.717) is 0 Å². The molecule has 0 saturated heterocycles. The first-order valence-electron chi connectivity index (χ1n) is 5.18. The average molecular weight is 199 g/mol. The van der Waals surface area contributed by atoms with Crippen molar-refractivity contribution < 1.29 is 0 Å². The molecule has 0 amide bonds. The summed E-state index contributed by atoms with van der Waals surface area (Å²) in [5, 5.41) is 1.25. The van der Waals surface area contributed by atoms with Gasteiger partial charge in [0.25, 0.3) is 0 Å². The van der Waals surface area contributed by atoms with E-state index in [0.717, 1.165) is 18.9 Å². The zero-order chi connectivity index (χ0) is 10.3. The number of aliphatic imine (C=N–C) groups is 1. The van der Waals surface area contributed by atoms with Crippen LogP contribution >= 0.6 is 0 Å². The first kappa shape index (κ1) is 8.53. The average Bonchev–Trinajstić information content (AvgIpc) is 2.83. The molecule has 0 saturated carbocycles. The topological polar surface area (TPSA) is 31.4 Å². The van der Waals surface area contributed by atoms with Crippen LogP contribution in [0.25, 0.3) is 10.9 Å². The zero-order valence-corrected chi connectivity index (χ0v) is 8.70. The summed E-state index contributed by atoms with van der Waals surface area (Å²) in [5.41, 5.74) is 2.39. The number of benzene rings is 1. The van der Waals surface area contributed by atoms with Gasteiger partial charge in [-0.2, -0.15) is 0 Å². The van der Waals surface area contributed by atoms with Crippen LogP contribution < -0.4 is 0 Å². The van der Waals surface area contributed by atoms with E-state index < -0.39 is 0 Å². The number of hydrogen-bond acceptors (Lipinski definition) is 2. The summed E-state index contributed by atoms with van der Waals surface area (Å²) >= 11 is 0. The Morgan fingerprint density at radius 1 is 1.33 bits per heavy atom. The SMILES string of the molecule is CN1CCN=C1c1c[nH]c2ccccc12. The van der Waals surface area contributed by atoms with Gasteiger partial charge in [0.15, 0.2) is 0 Å². The number of aromatic nitrogens is 1. The number of para-hydroxylation sites is 1. The molecule has 1 aliphatic rings. The molecule has 0 radical (unpaired) electrons. The monoisotopic (exact) mass is 199 g/mol. The highest BCUT2D eigenvalue weighted by Crippen LogP contribution is 2.20. The lowest BCUT2D eigenvalue weighted by molar-refractivity contribution is 0.557. The van der Waals surface area contributed by atoms with Crippen LogP contribution in [-0.2, 0) is 0 Å². The summed E-state index contributed by atoms with van der Waals surface area (Å²) in [4.78, 5) is 10.0. The molecule has 2 heterocycles. The lowest BCUT2D eigenvalue weighted by Gasteiger charge is -2.12. The normalized spacial score (nSPS) is 16.1. The summed E-state index contributed by atoms with van der Waals surface area (Å²) in [5.74, 6) is 1.10. The van der Waals surface area contributed by atoms with Gasteiger partial charge in [-0.05, 0) is 6.07 Å². The van der Waals surface area contributed by atoms with Crippen molar-refractivity contribution in [1.82, 2.24) is 9.88 Å². The quantitative estimate of drug-likeness (QED) is 0.746. The Morgan fingerprint density at radius 3 is 3.00 bits per heavy atom. The van der Waals surface area contributed by atoms with E-state index in [-0.39, 0.29) is 0 Å². The van der Waals surface area contributed by atoms with E-state index in [1.807, 2.05) is 12.3 Å². The number of hydrogen-bond donors (Lipinski definition) is 1. The molecule has 3 rings (SSSR count). The standard InChI is InChI=1S/C12H13N3/c1-15-7-6-13-12(15)10-8-14-11-5-3-2-4-9(10)11/h2-5,8,14H,6-7H2,1H3. The van der Waals surface area contributed by atoms with Gasteiger partial charge in [0, 0.05) is 36.3 Å². The minimum absolute atomic E-state index is 0.908. The Bertz CT molecular complexity index is 524. The van der Waals surface area contributed by atoms with Crippen LogP contribution in [0.4, 0.5) is 0 Å². The maximum absolute atomic E-state index is 4.53. The molecule has 1 N–H and O–H groups in total. The summed E-state index contributed by atoms with van der Waals surface area (Å²) in [7, 11) is 2.09. The molecular formula is C12H13N3. The lowest BCUT2D eigenvalue weighted by Crippen LogP contribution is -2.23. The molecular weight excluding hydrogens is 186 g/mol. The molecule has 1 aliphatic heterocycles. The molecule has 3 heteroatoms. The Morgan fingerprint density at radius 2 is 2.20 bits per heavy atom. The number of aromatic amines is 1. The second-order valence-corrected chi connectivity index (χ2v) is 3.87. The van der Waals surface area contributed by atoms with E-state index >= 15 is 0 Å². The van der Waals surface area contributed by atoms with Crippen molar-refractivity contribution in [2.45, 2.75) is 0 Å². The van der Waals surface area contributed by atoms with Crippen molar-refractivity contribution in [3.05, 3.63) is 36.0 Å². The number of fused-ring (bicyclic) bond motifs is 1. The third kappa shape index (κ3) is 1.23. The summed E-state index contributed by atoms with van der Waals surface area (Å²) in [6.07, 6.45) is 2.05. The van der Waals surface area contributed by atoms with Crippen LogP contribution in [0, 0.1) is 0 Å². The van der Waals surface area contributed by atoms with Crippen molar-refractivity contribution in [3.63, 3.8) is 0 Å². The van der Waals surface area contributed by atoms with Gasteiger partial charge in [-0.25, -0.2) is 0 Å². The number of nitrogens with one attached hydrogen (secondary N) is 1. The van der Waals surface area contributed by atoms with Crippen LogP contribution in [0.15, 0.2) is 35.5 Å². The zero-order valence-electron chi connectivity index (χ0n) is 8.70. The van der Waals surface area contributed by atoms with Gasteiger partial charge >= 0.3 is 0 Å². The Labute approximate surface area is 88.4 Å². The van der Waals surface area contributed by atoms with E-state index in [1.54, 1.807) is 0 Å². The van der Waals surface area contributed by atoms with Gasteiger partial charge in [0.05, 0.1) is 6.54 Å². The highest BCUT2D eigenvalue weighted by molar-refractivity contribution is 6.09. The fourth-order valence-electron chi connectivity index (χ4n) is 2.08. The Hall–Kier alpha value is -1.77. The molecule has 2 aromatic rings. The Kier molecular flexibility index (Phi) is 1.78. The maximum atomic E-state index is 4.53. The minimum Gasteiger partial charge on any atom is -0.360 e. The van der Waals surface area contributed by atoms with Gasteiger partial charge < -0.3 is 9.88 Å². The first-order chi connectivity index (χ1) is 7.36. The van der Waals surface area contributed by atoms with Crippen molar-refractivity contribution >= 4 is 16.7 Å². The molecule has 0 unspecified atom stereocenters. The van der Waals surface area contributed by atoms with Crippen LogP contribution in [0.5, 0.6) is 0 Å². The summed E-state index contributed by atoms with van der Waals surface area (Å²) < 4.78 is 0. The highest BCUT2D eigenvalue weighted by Gasteiger charge is 2.17. The number of likely N-dealkylation sites (N-methyl/N-ethyl adjacent to an activating group) is 1.